The number of carbonyl (C=O) groups excluding carboxylic acids is 1. The molecule has 0 saturated carbocycles. The SMILES string of the molecule is Cn1cc(NC(=O)c2csc3ncc(N[C@@H]4CNCCN4)nc23)c(C(F)(F)F)n1.O=C(O)C(F)(F)F. The van der Waals surface area contributed by atoms with Crippen molar-refractivity contribution in [2.24, 2.45) is 7.05 Å². The van der Waals surface area contributed by atoms with Crippen molar-refractivity contribution in [1.82, 2.24) is 30.4 Å². The fraction of sp³-hybridized carbons (Fsp3) is 0.389. The van der Waals surface area contributed by atoms with Crippen LogP contribution in [-0.2, 0) is 18.0 Å². The van der Waals surface area contributed by atoms with Gasteiger partial charge < -0.3 is 21.1 Å². The first-order valence-corrected chi connectivity index (χ1v) is 10.8. The number of hydrogen-bond acceptors (Lipinski definition) is 9. The minimum Gasteiger partial charge on any atom is -0.475 e. The predicted octanol–water partition coefficient (Wildman–Crippen LogP) is 2.26. The maximum absolute atomic E-state index is 13.1. The molecule has 36 heavy (non-hydrogen) atoms. The highest BCUT2D eigenvalue weighted by atomic mass is 32.1. The molecule has 1 fully saturated rings. The van der Waals surface area contributed by atoms with Crippen molar-refractivity contribution < 1.29 is 41.0 Å². The molecule has 3 aromatic heterocycles. The predicted molar refractivity (Wildman–Crippen MR) is 116 cm³/mol. The molecule has 5 N–H and O–H groups in total. The number of aryl methyl sites for hydroxylation is 1. The summed E-state index contributed by atoms with van der Waals surface area (Å²) in [6, 6.07) is 0. The number of carboxylic acids is 1. The number of amides is 1. The lowest BCUT2D eigenvalue weighted by atomic mass is 10.2. The van der Waals surface area contributed by atoms with Crippen LogP contribution in [0.3, 0.4) is 0 Å². The van der Waals surface area contributed by atoms with Crippen molar-refractivity contribution in [2.45, 2.75) is 18.5 Å². The van der Waals surface area contributed by atoms with Crippen LogP contribution in [0.25, 0.3) is 10.3 Å². The number of aromatic nitrogens is 4. The quantitative estimate of drug-likeness (QED) is 0.315. The second-order valence-corrected chi connectivity index (χ2v) is 8.09. The number of alkyl halides is 6. The number of rotatable bonds is 4. The zero-order valence-corrected chi connectivity index (χ0v) is 19.0. The number of fused-ring (bicyclic) bond motifs is 1. The van der Waals surface area contributed by atoms with E-state index in [-0.39, 0.29) is 11.7 Å². The third-order valence-electron chi connectivity index (χ3n) is 4.48. The number of carbonyl (C=O) groups is 2. The summed E-state index contributed by atoms with van der Waals surface area (Å²) in [5.41, 5.74) is -1.10. The second kappa shape index (κ2) is 10.6. The molecule has 0 radical (unpaired) electrons. The largest absolute Gasteiger partial charge is 0.490 e. The van der Waals surface area contributed by atoms with Crippen molar-refractivity contribution in [1.29, 1.82) is 0 Å². The third-order valence-corrected chi connectivity index (χ3v) is 5.35. The monoisotopic (exact) mass is 540 g/mol. The van der Waals surface area contributed by atoms with Gasteiger partial charge in [-0.15, -0.1) is 11.3 Å². The summed E-state index contributed by atoms with van der Waals surface area (Å²) in [6.45, 7) is 2.36. The first-order valence-electron chi connectivity index (χ1n) is 9.93. The average molecular weight is 540 g/mol. The molecule has 0 bridgehead atoms. The van der Waals surface area contributed by atoms with E-state index in [1.807, 2.05) is 0 Å². The van der Waals surface area contributed by atoms with Gasteiger partial charge in [0.2, 0.25) is 0 Å². The second-order valence-electron chi connectivity index (χ2n) is 7.23. The third kappa shape index (κ3) is 6.79. The standard InChI is InChI=1S/C16H17F3N8OS.C2HF3O2/c1-27-6-9(13(26-27)16(17,18)19)23-14(28)8-7-29-15-12(8)25-11(5-22-15)24-10-4-20-2-3-21-10;3-2(4,5)1(6)7/h5-7,10,20-21H,2-4H2,1H3,(H,23,28)(H,24,25);(H,6,7)/t10-;/m1./s1. The minimum absolute atomic E-state index is 0.0452. The number of nitrogens with zero attached hydrogens (tertiary/aromatic N) is 4. The van der Waals surface area contributed by atoms with E-state index in [0.29, 0.717) is 22.7 Å². The Morgan fingerprint density at radius 3 is 2.50 bits per heavy atom. The molecule has 0 aliphatic carbocycles. The van der Waals surface area contributed by atoms with E-state index in [1.54, 1.807) is 6.20 Å². The molecule has 1 atom stereocenters. The summed E-state index contributed by atoms with van der Waals surface area (Å²) < 4.78 is 72.1. The number of nitrogens with one attached hydrogen (secondary N) is 4. The molecule has 196 valence electrons. The zero-order chi connectivity index (χ0) is 26.7. The lowest BCUT2D eigenvalue weighted by Gasteiger charge is -2.25. The van der Waals surface area contributed by atoms with Crippen LogP contribution in [0.5, 0.6) is 0 Å². The molecule has 4 rings (SSSR count). The summed E-state index contributed by atoms with van der Waals surface area (Å²) in [7, 11) is 1.35. The summed E-state index contributed by atoms with van der Waals surface area (Å²) >= 11 is 1.19. The number of piperazine rings is 1. The molecule has 4 heterocycles. The van der Waals surface area contributed by atoms with Crippen LogP contribution < -0.4 is 21.3 Å². The van der Waals surface area contributed by atoms with Gasteiger partial charge in [0.1, 0.15) is 16.2 Å². The van der Waals surface area contributed by atoms with Crippen LogP contribution in [0, 0.1) is 0 Å². The Hall–Kier alpha value is -3.51. The van der Waals surface area contributed by atoms with E-state index in [4.69, 9.17) is 9.90 Å². The van der Waals surface area contributed by atoms with Crippen LogP contribution in [0.15, 0.2) is 17.8 Å². The summed E-state index contributed by atoms with van der Waals surface area (Å²) in [5.74, 6) is -3.00. The van der Waals surface area contributed by atoms with Gasteiger partial charge in [0, 0.05) is 38.3 Å². The lowest BCUT2D eigenvalue weighted by Crippen LogP contribution is -2.52. The van der Waals surface area contributed by atoms with Gasteiger partial charge in [-0.25, -0.2) is 14.8 Å². The zero-order valence-electron chi connectivity index (χ0n) is 18.2. The Labute approximate surface area is 201 Å². The number of aliphatic carboxylic acids is 1. The number of hydrogen-bond donors (Lipinski definition) is 5. The van der Waals surface area contributed by atoms with Crippen molar-refractivity contribution in [3.8, 4) is 0 Å². The van der Waals surface area contributed by atoms with Gasteiger partial charge in [-0.1, -0.05) is 0 Å². The Bertz CT molecular complexity index is 1240. The van der Waals surface area contributed by atoms with Gasteiger partial charge in [0.25, 0.3) is 5.91 Å². The van der Waals surface area contributed by atoms with Gasteiger partial charge in [-0.3, -0.25) is 14.8 Å². The number of anilines is 2. The van der Waals surface area contributed by atoms with Crippen molar-refractivity contribution >= 4 is 45.1 Å². The molecule has 1 saturated heterocycles. The average Bonchev–Trinajstić information content (AvgIpc) is 3.37. The van der Waals surface area contributed by atoms with Gasteiger partial charge in [-0.2, -0.15) is 31.4 Å². The maximum atomic E-state index is 13.1. The Kier molecular flexibility index (Phi) is 7.99. The fourth-order valence-electron chi connectivity index (χ4n) is 2.95. The molecule has 1 amide bonds. The highest BCUT2D eigenvalue weighted by molar-refractivity contribution is 7.17. The highest BCUT2D eigenvalue weighted by Crippen LogP contribution is 2.34. The summed E-state index contributed by atoms with van der Waals surface area (Å²) in [5, 5.41) is 24.0. The van der Waals surface area contributed by atoms with E-state index in [1.165, 1.54) is 23.8 Å². The van der Waals surface area contributed by atoms with Gasteiger partial charge in [0.15, 0.2) is 5.69 Å². The summed E-state index contributed by atoms with van der Waals surface area (Å²) in [4.78, 5) is 30.8. The van der Waals surface area contributed by atoms with Crippen LogP contribution in [0.4, 0.5) is 37.8 Å². The van der Waals surface area contributed by atoms with Gasteiger partial charge in [-0.05, 0) is 0 Å². The van der Waals surface area contributed by atoms with Crippen LogP contribution in [-0.4, -0.2) is 68.7 Å². The molecular formula is C18H18F6N8O3S. The van der Waals surface area contributed by atoms with Crippen LogP contribution in [0.2, 0.25) is 0 Å². The highest BCUT2D eigenvalue weighted by Gasteiger charge is 2.38. The van der Waals surface area contributed by atoms with Crippen molar-refractivity contribution in [2.75, 3.05) is 30.3 Å². The van der Waals surface area contributed by atoms with E-state index < -0.39 is 35.6 Å². The first kappa shape index (κ1) is 27.1. The Morgan fingerprint density at radius 2 is 1.92 bits per heavy atom. The van der Waals surface area contributed by atoms with E-state index in [0.717, 1.165) is 24.0 Å². The Morgan fingerprint density at radius 1 is 1.22 bits per heavy atom. The van der Waals surface area contributed by atoms with Crippen molar-refractivity contribution in [3.63, 3.8) is 0 Å². The molecule has 0 spiro atoms. The summed E-state index contributed by atoms with van der Waals surface area (Å²) in [6.07, 6.45) is -7.15. The number of thiophene rings is 1. The molecule has 0 aromatic carbocycles. The lowest BCUT2D eigenvalue weighted by molar-refractivity contribution is -0.192. The molecule has 0 unspecified atom stereocenters. The minimum atomic E-state index is -5.08. The number of halogens is 6. The Balaban J connectivity index is 0.000000454. The van der Waals surface area contributed by atoms with E-state index in [9.17, 15) is 31.1 Å². The van der Waals surface area contributed by atoms with Crippen molar-refractivity contribution in [3.05, 3.63) is 29.0 Å². The molecular weight excluding hydrogens is 522 g/mol. The molecule has 11 nitrogen and oxygen atoms in total. The van der Waals surface area contributed by atoms with E-state index >= 15 is 0 Å². The fourth-order valence-corrected chi connectivity index (χ4v) is 3.78. The topological polar surface area (TPSA) is 146 Å². The first-order chi connectivity index (χ1) is 16.8. The van der Waals surface area contributed by atoms with Crippen LogP contribution in [0.1, 0.15) is 16.1 Å². The maximum Gasteiger partial charge on any atom is 0.490 e. The molecule has 18 heteroatoms. The van der Waals surface area contributed by atoms with E-state index in [2.05, 4.69) is 36.3 Å². The normalized spacial score (nSPS) is 16.2. The molecule has 1 aliphatic rings. The van der Waals surface area contributed by atoms with Gasteiger partial charge >= 0.3 is 18.3 Å². The molecule has 3 aromatic rings. The number of carboxylic acid groups (broad SMARTS) is 1. The van der Waals surface area contributed by atoms with Crippen LogP contribution >= 0.6 is 11.3 Å². The smallest absolute Gasteiger partial charge is 0.475 e. The van der Waals surface area contributed by atoms with Gasteiger partial charge in [0.05, 0.1) is 23.6 Å². The molecule has 1 aliphatic heterocycles.